The fourth-order valence-corrected chi connectivity index (χ4v) is 3.09. The summed E-state index contributed by atoms with van der Waals surface area (Å²) in [5.41, 5.74) is 4.22. The first kappa shape index (κ1) is 17.8. The molecule has 0 spiro atoms. The molecule has 0 radical (unpaired) electrons. The first-order chi connectivity index (χ1) is 11.8. The lowest BCUT2D eigenvalue weighted by atomic mass is 9.95. The standard InChI is InChI=1S/C19H26N4O2/c1-12-17(25)15(14(11-24)8-20-12)10-23-6-5-16-13(9-23)7-21-18(22-16)19(2,3)4/h7-8,24-25H,5-6,9-11H2,1-4H3. The van der Waals surface area contributed by atoms with Gasteiger partial charge in [-0.05, 0) is 6.92 Å². The van der Waals surface area contributed by atoms with Gasteiger partial charge < -0.3 is 10.2 Å². The van der Waals surface area contributed by atoms with Crippen molar-refractivity contribution >= 4 is 0 Å². The van der Waals surface area contributed by atoms with Crippen LogP contribution in [0.1, 0.15) is 54.7 Å². The summed E-state index contributed by atoms with van der Waals surface area (Å²) in [6.45, 7) is 10.2. The maximum Gasteiger partial charge on any atom is 0.141 e. The van der Waals surface area contributed by atoms with Crippen LogP contribution in [-0.4, -0.2) is 36.6 Å². The van der Waals surface area contributed by atoms with Crippen LogP contribution in [0.2, 0.25) is 0 Å². The molecule has 0 aromatic carbocycles. The highest BCUT2D eigenvalue weighted by atomic mass is 16.3. The minimum atomic E-state index is -0.126. The summed E-state index contributed by atoms with van der Waals surface area (Å²) in [4.78, 5) is 15.7. The summed E-state index contributed by atoms with van der Waals surface area (Å²) in [6, 6.07) is 0. The molecule has 0 aliphatic carbocycles. The first-order valence-corrected chi connectivity index (χ1v) is 8.64. The zero-order valence-electron chi connectivity index (χ0n) is 15.4. The van der Waals surface area contributed by atoms with Gasteiger partial charge in [0.1, 0.15) is 11.6 Å². The summed E-state index contributed by atoms with van der Waals surface area (Å²) in [6.07, 6.45) is 4.43. The zero-order chi connectivity index (χ0) is 18.2. The topological polar surface area (TPSA) is 82.4 Å². The van der Waals surface area contributed by atoms with Crippen LogP contribution >= 0.6 is 0 Å². The van der Waals surface area contributed by atoms with Crippen LogP contribution in [0, 0.1) is 6.92 Å². The highest BCUT2D eigenvalue weighted by molar-refractivity contribution is 5.40. The SMILES string of the molecule is Cc1ncc(CO)c(CN2CCc3nc(C(C)(C)C)ncc3C2)c1O. The van der Waals surface area contributed by atoms with E-state index in [1.54, 1.807) is 13.1 Å². The summed E-state index contributed by atoms with van der Waals surface area (Å²) in [5.74, 6) is 1.06. The van der Waals surface area contributed by atoms with Gasteiger partial charge in [0.15, 0.2) is 0 Å². The van der Waals surface area contributed by atoms with E-state index in [2.05, 4.69) is 35.6 Å². The van der Waals surface area contributed by atoms with E-state index < -0.39 is 0 Å². The van der Waals surface area contributed by atoms with E-state index in [0.717, 1.165) is 42.2 Å². The van der Waals surface area contributed by atoms with Crippen LogP contribution < -0.4 is 0 Å². The van der Waals surface area contributed by atoms with Crippen molar-refractivity contribution < 1.29 is 10.2 Å². The van der Waals surface area contributed by atoms with E-state index in [-0.39, 0.29) is 17.8 Å². The first-order valence-electron chi connectivity index (χ1n) is 8.64. The van der Waals surface area contributed by atoms with Crippen LogP contribution in [0.3, 0.4) is 0 Å². The van der Waals surface area contributed by atoms with E-state index in [9.17, 15) is 10.2 Å². The average molecular weight is 342 g/mol. The number of aromatic nitrogens is 3. The second-order valence-corrected chi connectivity index (χ2v) is 7.73. The van der Waals surface area contributed by atoms with Crippen molar-refractivity contribution in [3.05, 3.63) is 46.3 Å². The third-order valence-corrected chi connectivity index (χ3v) is 4.67. The van der Waals surface area contributed by atoms with Crippen molar-refractivity contribution in [1.29, 1.82) is 0 Å². The number of rotatable bonds is 3. The molecule has 0 fully saturated rings. The third kappa shape index (κ3) is 3.65. The van der Waals surface area contributed by atoms with Gasteiger partial charge in [0, 0.05) is 66.2 Å². The Hall–Kier alpha value is -2.05. The lowest BCUT2D eigenvalue weighted by Gasteiger charge is -2.30. The molecule has 25 heavy (non-hydrogen) atoms. The van der Waals surface area contributed by atoms with Crippen molar-refractivity contribution in [3.63, 3.8) is 0 Å². The minimum Gasteiger partial charge on any atom is -0.506 e. The molecule has 3 heterocycles. The molecule has 0 bridgehead atoms. The molecule has 6 nitrogen and oxygen atoms in total. The maximum atomic E-state index is 10.3. The summed E-state index contributed by atoms with van der Waals surface area (Å²) in [7, 11) is 0. The number of aromatic hydroxyl groups is 1. The number of aliphatic hydroxyl groups is 1. The van der Waals surface area contributed by atoms with Crippen molar-refractivity contribution in [1.82, 2.24) is 19.9 Å². The Morgan fingerprint density at radius 2 is 1.96 bits per heavy atom. The van der Waals surface area contributed by atoms with Crippen LogP contribution in [0.4, 0.5) is 0 Å². The molecule has 6 heteroatoms. The molecule has 2 aromatic heterocycles. The number of pyridine rings is 1. The summed E-state index contributed by atoms with van der Waals surface area (Å²) >= 11 is 0. The number of aryl methyl sites for hydroxylation is 1. The molecule has 0 saturated carbocycles. The molecule has 2 N–H and O–H groups in total. The van der Waals surface area contributed by atoms with Gasteiger partial charge in [-0.1, -0.05) is 20.8 Å². The lowest BCUT2D eigenvalue weighted by Crippen LogP contribution is -2.32. The Labute approximate surface area is 148 Å². The predicted molar refractivity (Wildman–Crippen MR) is 95.1 cm³/mol. The molecule has 0 unspecified atom stereocenters. The largest absolute Gasteiger partial charge is 0.506 e. The van der Waals surface area contributed by atoms with Gasteiger partial charge >= 0.3 is 0 Å². The second kappa shape index (κ2) is 6.69. The molecule has 1 aliphatic rings. The van der Waals surface area contributed by atoms with Gasteiger partial charge in [0.25, 0.3) is 0 Å². The fourth-order valence-electron chi connectivity index (χ4n) is 3.09. The quantitative estimate of drug-likeness (QED) is 0.890. The molecule has 0 atom stereocenters. The molecule has 3 rings (SSSR count). The van der Waals surface area contributed by atoms with Crippen molar-refractivity contribution in [2.45, 2.75) is 59.2 Å². The summed E-state index contributed by atoms with van der Waals surface area (Å²) < 4.78 is 0. The number of fused-ring (bicyclic) bond motifs is 1. The fraction of sp³-hybridized carbons (Fsp3) is 0.526. The normalized spacial score (nSPS) is 15.2. The van der Waals surface area contributed by atoms with Crippen LogP contribution in [0.25, 0.3) is 0 Å². The Morgan fingerprint density at radius 3 is 2.64 bits per heavy atom. The Balaban J connectivity index is 1.82. The van der Waals surface area contributed by atoms with E-state index in [1.807, 2.05) is 6.20 Å². The van der Waals surface area contributed by atoms with Crippen molar-refractivity contribution in [2.24, 2.45) is 0 Å². The van der Waals surface area contributed by atoms with Gasteiger partial charge in [-0.25, -0.2) is 9.97 Å². The third-order valence-electron chi connectivity index (χ3n) is 4.67. The number of hydrogen-bond donors (Lipinski definition) is 2. The van der Waals surface area contributed by atoms with Crippen LogP contribution in [-0.2, 0) is 31.5 Å². The van der Waals surface area contributed by atoms with E-state index in [0.29, 0.717) is 17.8 Å². The molecule has 1 aliphatic heterocycles. The highest BCUT2D eigenvalue weighted by Crippen LogP contribution is 2.28. The van der Waals surface area contributed by atoms with Gasteiger partial charge in [-0.2, -0.15) is 0 Å². The average Bonchev–Trinajstić information content (AvgIpc) is 2.58. The van der Waals surface area contributed by atoms with E-state index in [1.165, 1.54) is 0 Å². The number of aliphatic hydroxyl groups excluding tert-OH is 1. The molecular formula is C19H26N4O2. The minimum absolute atomic E-state index is 0.0530. The molecule has 0 amide bonds. The van der Waals surface area contributed by atoms with Gasteiger partial charge in [-0.3, -0.25) is 9.88 Å². The molecule has 134 valence electrons. The molecule has 2 aromatic rings. The monoisotopic (exact) mass is 342 g/mol. The van der Waals surface area contributed by atoms with Gasteiger partial charge in [0.2, 0.25) is 0 Å². The smallest absolute Gasteiger partial charge is 0.141 e. The maximum absolute atomic E-state index is 10.3. The molecular weight excluding hydrogens is 316 g/mol. The summed E-state index contributed by atoms with van der Waals surface area (Å²) in [5, 5.41) is 19.9. The Bertz CT molecular complexity index is 784. The lowest BCUT2D eigenvalue weighted by molar-refractivity contribution is 0.232. The van der Waals surface area contributed by atoms with Crippen molar-refractivity contribution in [2.75, 3.05) is 6.54 Å². The van der Waals surface area contributed by atoms with Gasteiger partial charge in [-0.15, -0.1) is 0 Å². The number of hydrogen-bond acceptors (Lipinski definition) is 6. The van der Waals surface area contributed by atoms with Crippen molar-refractivity contribution in [3.8, 4) is 5.75 Å². The predicted octanol–water partition coefficient (Wildman–Crippen LogP) is 2.23. The number of nitrogens with zero attached hydrogens (tertiary/aromatic N) is 4. The van der Waals surface area contributed by atoms with Crippen LogP contribution in [0.15, 0.2) is 12.4 Å². The molecule has 0 saturated heterocycles. The van der Waals surface area contributed by atoms with Crippen LogP contribution in [0.5, 0.6) is 5.75 Å². The Kier molecular flexibility index (Phi) is 4.75. The van der Waals surface area contributed by atoms with E-state index in [4.69, 9.17) is 4.98 Å². The van der Waals surface area contributed by atoms with Gasteiger partial charge in [0.05, 0.1) is 12.3 Å². The zero-order valence-corrected chi connectivity index (χ0v) is 15.4. The second-order valence-electron chi connectivity index (χ2n) is 7.73. The highest BCUT2D eigenvalue weighted by Gasteiger charge is 2.24. The Morgan fingerprint density at radius 1 is 1.20 bits per heavy atom. The van der Waals surface area contributed by atoms with E-state index >= 15 is 0 Å².